The van der Waals surface area contributed by atoms with Crippen molar-refractivity contribution in [3.8, 4) is 11.1 Å². The predicted octanol–water partition coefficient (Wildman–Crippen LogP) is 4.87. The lowest BCUT2D eigenvalue weighted by atomic mass is 10.1. The number of aryl methyl sites for hydroxylation is 1. The van der Waals surface area contributed by atoms with Crippen LogP contribution in [0.3, 0.4) is 0 Å². The Morgan fingerprint density at radius 1 is 0.906 bits per heavy atom. The van der Waals surface area contributed by atoms with Crippen LogP contribution in [0.15, 0.2) is 66.0 Å². The molecule has 0 atom stereocenters. The highest BCUT2D eigenvalue weighted by Crippen LogP contribution is 2.39. The van der Waals surface area contributed by atoms with Gasteiger partial charge in [0.15, 0.2) is 5.82 Å². The summed E-state index contributed by atoms with van der Waals surface area (Å²) in [4.78, 5) is 13.0. The fraction of sp³-hybridized carbons (Fsp3) is 0.200. The maximum atomic E-state index is 4.89. The van der Waals surface area contributed by atoms with Crippen LogP contribution in [0.5, 0.6) is 0 Å². The number of benzene rings is 2. The quantitative estimate of drug-likeness (QED) is 0.401. The van der Waals surface area contributed by atoms with Crippen LogP contribution in [0, 0.1) is 6.92 Å². The molecule has 6 nitrogen and oxygen atoms in total. The third kappa shape index (κ3) is 3.35. The first kappa shape index (κ1) is 19.1. The van der Waals surface area contributed by atoms with Crippen LogP contribution >= 0.6 is 11.3 Å². The highest BCUT2D eigenvalue weighted by Gasteiger charge is 2.25. The Kier molecular flexibility index (Phi) is 4.69. The zero-order valence-electron chi connectivity index (χ0n) is 17.8. The van der Waals surface area contributed by atoms with E-state index in [4.69, 9.17) is 9.97 Å². The highest BCUT2D eigenvalue weighted by molar-refractivity contribution is 7.17. The van der Waals surface area contributed by atoms with E-state index in [9.17, 15) is 0 Å². The van der Waals surface area contributed by atoms with Crippen LogP contribution in [-0.2, 0) is 19.5 Å². The van der Waals surface area contributed by atoms with Crippen molar-refractivity contribution >= 4 is 27.4 Å². The van der Waals surface area contributed by atoms with E-state index >= 15 is 0 Å². The van der Waals surface area contributed by atoms with Gasteiger partial charge in [0.25, 0.3) is 0 Å². The van der Waals surface area contributed by atoms with Crippen molar-refractivity contribution in [2.24, 2.45) is 0 Å². The number of rotatable bonds is 4. The van der Waals surface area contributed by atoms with Crippen LogP contribution in [0.2, 0.25) is 0 Å². The van der Waals surface area contributed by atoms with Crippen LogP contribution < -0.4 is 4.90 Å². The summed E-state index contributed by atoms with van der Waals surface area (Å²) in [6.45, 7) is 4.37. The number of hydrogen-bond acceptors (Lipinski definition) is 6. The summed E-state index contributed by atoms with van der Waals surface area (Å²) in [6.07, 6.45) is 0.799. The van der Waals surface area contributed by atoms with Gasteiger partial charge in [-0.3, -0.25) is 0 Å². The first-order valence-corrected chi connectivity index (χ1v) is 11.7. The van der Waals surface area contributed by atoms with Crippen molar-refractivity contribution in [3.05, 3.63) is 89.1 Å². The maximum Gasteiger partial charge on any atom is 0.152 e. The smallest absolute Gasteiger partial charge is 0.152 e. The first-order chi connectivity index (χ1) is 15.8. The van der Waals surface area contributed by atoms with E-state index in [1.54, 1.807) is 11.3 Å². The van der Waals surface area contributed by atoms with Gasteiger partial charge in [-0.25, -0.2) is 9.97 Å². The average molecular weight is 439 g/mol. The molecular weight excluding hydrogens is 416 g/mol. The fourth-order valence-electron chi connectivity index (χ4n) is 4.39. The lowest BCUT2D eigenvalue weighted by Gasteiger charge is -2.29. The van der Waals surface area contributed by atoms with Crippen LogP contribution in [0.4, 0.5) is 5.82 Å². The molecule has 158 valence electrons. The van der Waals surface area contributed by atoms with E-state index in [1.807, 2.05) is 19.1 Å². The average Bonchev–Trinajstić information content (AvgIpc) is 3.44. The van der Waals surface area contributed by atoms with E-state index in [0.717, 1.165) is 53.0 Å². The molecule has 32 heavy (non-hydrogen) atoms. The molecule has 2 aromatic carbocycles. The van der Waals surface area contributed by atoms with Gasteiger partial charge < -0.3 is 9.47 Å². The normalized spacial score (nSPS) is 13.5. The van der Waals surface area contributed by atoms with Gasteiger partial charge in [-0.05, 0) is 18.1 Å². The Morgan fingerprint density at radius 2 is 1.69 bits per heavy atom. The molecule has 1 aliphatic heterocycles. The zero-order valence-corrected chi connectivity index (χ0v) is 18.6. The monoisotopic (exact) mass is 438 g/mol. The first-order valence-electron chi connectivity index (χ1n) is 10.8. The third-order valence-corrected chi connectivity index (χ3v) is 6.82. The van der Waals surface area contributed by atoms with Crippen LogP contribution in [-0.4, -0.2) is 31.3 Å². The standard InChI is InChI=1S/C25H22N6S/c1-17-26-24(23-20(16-32-25(23)27-17)19-10-6-3-7-11-19)30-12-13-31-21(28-29-22(31)15-30)14-18-8-4-2-5-9-18/h2-11,16H,12-15H2,1H3. The lowest BCUT2D eigenvalue weighted by Crippen LogP contribution is -2.35. The molecule has 3 aromatic heterocycles. The second-order valence-corrected chi connectivity index (χ2v) is 8.92. The minimum atomic E-state index is 0.692. The Balaban J connectivity index is 1.37. The molecular formula is C25H22N6S. The second-order valence-electron chi connectivity index (χ2n) is 8.06. The molecule has 0 bridgehead atoms. The number of nitrogens with zero attached hydrogens (tertiary/aromatic N) is 6. The van der Waals surface area contributed by atoms with E-state index < -0.39 is 0 Å². The van der Waals surface area contributed by atoms with E-state index in [0.29, 0.717) is 6.54 Å². The van der Waals surface area contributed by atoms with Crippen molar-refractivity contribution in [1.82, 2.24) is 24.7 Å². The van der Waals surface area contributed by atoms with Gasteiger partial charge >= 0.3 is 0 Å². The molecule has 1 aliphatic rings. The molecule has 0 aliphatic carbocycles. The molecule has 0 amide bonds. The van der Waals surface area contributed by atoms with E-state index in [2.05, 4.69) is 73.6 Å². The Bertz CT molecular complexity index is 1390. The Hall–Kier alpha value is -3.58. The fourth-order valence-corrected chi connectivity index (χ4v) is 5.38. The molecule has 0 saturated carbocycles. The molecule has 7 heteroatoms. The van der Waals surface area contributed by atoms with Crippen molar-refractivity contribution < 1.29 is 0 Å². The van der Waals surface area contributed by atoms with E-state index in [-0.39, 0.29) is 0 Å². The Morgan fingerprint density at radius 3 is 2.50 bits per heavy atom. The number of hydrogen-bond donors (Lipinski definition) is 0. The minimum Gasteiger partial charge on any atom is -0.347 e. The number of fused-ring (bicyclic) bond motifs is 2. The largest absolute Gasteiger partial charge is 0.347 e. The maximum absolute atomic E-state index is 4.89. The summed E-state index contributed by atoms with van der Waals surface area (Å²) in [5.74, 6) is 3.80. The summed E-state index contributed by atoms with van der Waals surface area (Å²) in [6, 6.07) is 20.9. The Labute approximate surface area is 190 Å². The van der Waals surface area contributed by atoms with Gasteiger partial charge in [0.2, 0.25) is 0 Å². The molecule has 0 spiro atoms. The summed E-state index contributed by atoms with van der Waals surface area (Å²) in [7, 11) is 0. The number of aromatic nitrogens is 5. The summed E-state index contributed by atoms with van der Waals surface area (Å²) < 4.78 is 2.26. The van der Waals surface area contributed by atoms with Gasteiger partial charge in [0, 0.05) is 30.5 Å². The van der Waals surface area contributed by atoms with Crippen molar-refractivity contribution in [2.75, 3.05) is 11.4 Å². The van der Waals surface area contributed by atoms with Crippen LogP contribution in [0.1, 0.15) is 23.0 Å². The van der Waals surface area contributed by atoms with Gasteiger partial charge in [-0.2, -0.15) is 0 Å². The lowest BCUT2D eigenvalue weighted by molar-refractivity contribution is 0.544. The SMILES string of the molecule is Cc1nc(N2CCn3c(Cc4ccccc4)nnc3C2)c2c(-c3ccccc3)csc2n1. The third-order valence-electron chi connectivity index (χ3n) is 5.95. The summed E-state index contributed by atoms with van der Waals surface area (Å²) >= 11 is 1.68. The summed E-state index contributed by atoms with van der Waals surface area (Å²) in [5, 5.41) is 12.4. The second kappa shape index (κ2) is 7.84. The van der Waals surface area contributed by atoms with Gasteiger partial charge in [0.05, 0.1) is 11.9 Å². The topological polar surface area (TPSA) is 59.7 Å². The molecule has 0 N–H and O–H groups in total. The van der Waals surface area contributed by atoms with Crippen molar-refractivity contribution in [2.45, 2.75) is 26.4 Å². The number of thiophene rings is 1. The summed E-state index contributed by atoms with van der Waals surface area (Å²) in [5.41, 5.74) is 3.64. The predicted molar refractivity (Wildman–Crippen MR) is 128 cm³/mol. The van der Waals surface area contributed by atoms with Gasteiger partial charge in [-0.1, -0.05) is 60.7 Å². The minimum absolute atomic E-state index is 0.692. The van der Waals surface area contributed by atoms with Crippen molar-refractivity contribution in [3.63, 3.8) is 0 Å². The molecule has 6 rings (SSSR count). The molecule has 0 radical (unpaired) electrons. The highest BCUT2D eigenvalue weighted by atomic mass is 32.1. The van der Waals surface area contributed by atoms with Crippen molar-refractivity contribution in [1.29, 1.82) is 0 Å². The molecule has 5 aromatic rings. The molecule has 0 fully saturated rings. The number of anilines is 1. The molecule has 0 unspecified atom stereocenters. The zero-order chi connectivity index (χ0) is 21.5. The van der Waals surface area contributed by atoms with Gasteiger partial charge in [-0.15, -0.1) is 21.5 Å². The molecule has 4 heterocycles. The van der Waals surface area contributed by atoms with E-state index in [1.165, 1.54) is 16.7 Å². The van der Waals surface area contributed by atoms with Crippen LogP contribution in [0.25, 0.3) is 21.3 Å². The van der Waals surface area contributed by atoms with Gasteiger partial charge in [0.1, 0.15) is 22.3 Å². The molecule has 0 saturated heterocycles.